The molecule has 1 unspecified atom stereocenters. The lowest BCUT2D eigenvalue weighted by atomic mass is 9.98. The summed E-state index contributed by atoms with van der Waals surface area (Å²) in [7, 11) is 0. The second kappa shape index (κ2) is 6.95. The highest BCUT2D eigenvalue weighted by molar-refractivity contribution is 5.86. The van der Waals surface area contributed by atoms with Crippen molar-refractivity contribution < 1.29 is 14.3 Å². The molecule has 0 aromatic heterocycles. The molecule has 2 amide bonds. The van der Waals surface area contributed by atoms with Crippen LogP contribution in [0, 0.1) is 5.92 Å². The Morgan fingerprint density at radius 3 is 2.25 bits per heavy atom. The van der Waals surface area contributed by atoms with E-state index in [9.17, 15) is 9.59 Å². The lowest BCUT2D eigenvalue weighted by Gasteiger charge is -2.29. The second-order valence-corrected chi connectivity index (χ2v) is 6.54. The quantitative estimate of drug-likeness (QED) is 0.863. The van der Waals surface area contributed by atoms with Crippen molar-refractivity contribution in [1.82, 2.24) is 10.2 Å². The van der Waals surface area contributed by atoms with Gasteiger partial charge < -0.3 is 15.0 Å². The van der Waals surface area contributed by atoms with Crippen LogP contribution in [0.1, 0.15) is 53.9 Å². The minimum atomic E-state index is -0.555. The molecule has 0 aliphatic carbocycles. The molecule has 20 heavy (non-hydrogen) atoms. The van der Waals surface area contributed by atoms with E-state index in [0.717, 1.165) is 32.4 Å². The van der Waals surface area contributed by atoms with Gasteiger partial charge in [-0.2, -0.15) is 0 Å². The number of hydrogen-bond donors (Lipinski definition) is 1. The first-order valence-electron chi connectivity index (χ1n) is 7.53. The zero-order valence-electron chi connectivity index (χ0n) is 13.4. The van der Waals surface area contributed by atoms with Crippen LogP contribution in [0.15, 0.2) is 0 Å². The van der Waals surface area contributed by atoms with Crippen LogP contribution in [0.4, 0.5) is 4.79 Å². The van der Waals surface area contributed by atoms with Crippen molar-refractivity contribution in [2.24, 2.45) is 5.92 Å². The summed E-state index contributed by atoms with van der Waals surface area (Å²) in [6, 6.07) is -0.493. The van der Waals surface area contributed by atoms with Gasteiger partial charge in [0, 0.05) is 13.1 Å². The number of nitrogens with zero attached hydrogens (tertiary/aromatic N) is 1. The minimum absolute atomic E-state index is 0.0164. The Morgan fingerprint density at radius 1 is 1.25 bits per heavy atom. The standard InChI is InChI=1S/C15H28N2O3/c1-6-11(2)12(13(18)17-9-7-8-10-17)16-14(19)20-15(3,4)5/h11-12H,6-10H2,1-5H3,(H,16,19)/t11?,12-/m0/s1. The summed E-state index contributed by atoms with van der Waals surface area (Å²) in [5.41, 5.74) is -0.555. The molecule has 5 heteroatoms. The second-order valence-electron chi connectivity index (χ2n) is 6.54. The Hall–Kier alpha value is -1.26. The highest BCUT2D eigenvalue weighted by atomic mass is 16.6. The Bertz CT molecular complexity index is 344. The molecule has 1 aliphatic heterocycles. The van der Waals surface area contributed by atoms with Gasteiger partial charge in [-0.25, -0.2) is 4.79 Å². The fourth-order valence-electron chi connectivity index (χ4n) is 2.25. The third kappa shape index (κ3) is 5.02. The van der Waals surface area contributed by atoms with Gasteiger partial charge in [0.15, 0.2) is 0 Å². The van der Waals surface area contributed by atoms with Crippen molar-refractivity contribution in [2.75, 3.05) is 13.1 Å². The van der Waals surface area contributed by atoms with Crippen LogP contribution in [-0.4, -0.2) is 41.6 Å². The van der Waals surface area contributed by atoms with Gasteiger partial charge in [-0.15, -0.1) is 0 Å². The molecular formula is C15H28N2O3. The maximum atomic E-state index is 12.5. The smallest absolute Gasteiger partial charge is 0.408 e. The van der Waals surface area contributed by atoms with Crippen molar-refractivity contribution in [1.29, 1.82) is 0 Å². The van der Waals surface area contributed by atoms with Gasteiger partial charge in [0.2, 0.25) is 5.91 Å². The van der Waals surface area contributed by atoms with Crippen molar-refractivity contribution >= 4 is 12.0 Å². The molecule has 0 radical (unpaired) electrons. The zero-order chi connectivity index (χ0) is 15.3. The van der Waals surface area contributed by atoms with E-state index >= 15 is 0 Å². The van der Waals surface area contributed by atoms with E-state index in [1.807, 2.05) is 39.5 Å². The maximum absolute atomic E-state index is 12.5. The molecule has 5 nitrogen and oxygen atoms in total. The largest absolute Gasteiger partial charge is 0.444 e. The molecule has 0 saturated carbocycles. The van der Waals surface area contributed by atoms with Crippen molar-refractivity contribution in [3.8, 4) is 0 Å². The van der Waals surface area contributed by atoms with E-state index in [4.69, 9.17) is 4.74 Å². The maximum Gasteiger partial charge on any atom is 0.408 e. The fraction of sp³-hybridized carbons (Fsp3) is 0.867. The summed E-state index contributed by atoms with van der Waals surface area (Å²) >= 11 is 0. The average Bonchev–Trinajstić information content (AvgIpc) is 2.85. The molecule has 0 aromatic rings. The van der Waals surface area contributed by atoms with Crippen LogP contribution in [-0.2, 0) is 9.53 Å². The number of nitrogens with one attached hydrogen (secondary N) is 1. The van der Waals surface area contributed by atoms with Gasteiger partial charge in [0.25, 0.3) is 0 Å². The van der Waals surface area contributed by atoms with Gasteiger partial charge in [0.1, 0.15) is 11.6 Å². The molecule has 0 aromatic carbocycles. The fourth-order valence-corrected chi connectivity index (χ4v) is 2.25. The first kappa shape index (κ1) is 16.8. The van der Waals surface area contributed by atoms with Crippen molar-refractivity contribution in [2.45, 2.75) is 65.5 Å². The van der Waals surface area contributed by atoms with Crippen LogP contribution >= 0.6 is 0 Å². The Labute approximate surface area is 122 Å². The number of carbonyl (C=O) groups is 2. The first-order valence-corrected chi connectivity index (χ1v) is 7.53. The third-order valence-electron chi connectivity index (χ3n) is 3.57. The number of carbonyl (C=O) groups excluding carboxylic acids is 2. The summed E-state index contributed by atoms with van der Waals surface area (Å²) in [4.78, 5) is 26.2. The van der Waals surface area contributed by atoms with E-state index in [2.05, 4.69) is 5.32 Å². The highest BCUT2D eigenvalue weighted by Gasteiger charge is 2.32. The monoisotopic (exact) mass is 284 g/mol. The molecule has 1 rings (SSSR count). The topological polar surface area (TPSA) is 58.6 Å². The number of rotatable bonds is 4. The summed E-state index contributed by atoms with van der Waals surface area (Å²) in [5, 5.41) is 2.75. The SMILES string of the molecule is CCC(C)[C@H](NC(=O)OC(C)(C)C)C(=O)N1CCCC1. The predicted molar refractivity (Wildman–Crippen MR) is 78.4 cm³/mol. The van der Waals surface area contributed by atoms with E-state index in [-0.39, 0.29) is 11.8 Å². The number of amides is 2. The van der Waals surface area contributed by atoms with Gasteiger partial charge in [-0.3, -0.25) is 4.79 Å². The average molecular weight is 284 g/mol. The molecule has 0 spiro atoms. The first-order chi connectivity index (χ1) is 9.24. The summed E-state index contributed by atoms with van der Waals surface area (Å²) < 4.78 is 5.25. The number of ether oxygens (including phenoxy) is 1. The normalized spacial score (nSPS) is 18.6. The van der Waals surface area contributed by atoms with E-state index in [0.29, 0.717) is 0 Å². The Balaban J connectivity index is 2.69. The van der Waals surface area contributed by atoms with Gasteiger partial charge in [-0.1, -0.05) is 20.3 Å². The predicted octanol–water partition coefficient (Wildman–Crippen LogP) is 2.55. The number of hydrogen-bond acceptors (Lipinski definition) is 3. The molecule has 1 N–H and O–H groups in total. The van der Waals surface area contributed by atoms with Crippen molar-refractivity contribution in [3.63, 3.8) is 0 Å². The van der Waals surface area contributed by atoms with E-state index < -0.39 is 17.7 Å². The van der Waals surface area contributed by atoms with E-state index in [1.54, 1.807) is 0 Å². The Morgan fingerprint density at radius 2 is 1.80 bits per heavy atom. The lowest BCUT2D eigenvalue weighted by molar-refractivity contribution is -0.133. The number of alkyl carbamates (subject to hydrolysis) is 1. The van der Waals surface area contributed by atoms with Gasteiger partial charge >= 0.3 is 6.09 Å². The Kier molecular flexibility index (Phi) is 5.84. The molecule has 1 heterocycles. The van der Waals surface area contributed by atoms with Crippen LogP contribution < -0.4 is 5.32 Å². The molecule has 1 fully saturated rings. The molecular weight excluding hydrogens is 256 g/mol. The molecule has 2 atom stereocenters. The van der Waals surface area contributed by atoms with Crippen LogP contribution in [0.25, 0.3) is 0 Å². The molecule has 1 saturated heterocycles. The van der Waals surface area contributed by atoms with Crippen LogP contribution in [0.5, 0.6) is 0 Å². The third-order valence-corrected chi connectivity index (χ3v) is 3.57. The van der Waals surface area contributed by atoms with Crippen LogP contribution in [0.2, 0.25) is 0 Å². The molecule has 1 aliphatic rings. The van der Waals surface area contributed by atoms with Gasteiger partial charge in [0.05, 0.1) is 0 Å². The lowest BCUT2D eigenvalue weighted by Crippen LogP contribution is -2.52. The number of likely N-dealkylation sites (tertiary alicyclic amines) is 1. The zero-order valence-corrected chi connectivity index (χ0v) is 13.4. The summed E-state index contributed by atoms with van der Waals surface area (Å²) in [6.45, 7) is 11.0. The highest BCUT2D eigenvalue weighted by Crippen LogP contribution is 2.16. The van der Waals surface area contributed by atoms with Crippen LogP contribution in [0.3, 0.4) is 0 Å². The molecule has 0 bridgehead atoms. The summed E-state index contributed by atoms with van der Waals surface area (Å²) in [5.74, 6) is 0.110. The summed E-state index contributed by atoms with van der Waals surface area (Å²) in [6.07, 6.45) is 2.41. The van der Waals surface area contributed by atoms with Gasteiger partial charge in [-0.05, 0) is 39.5 Å². The minimum Gasteiger partial charge on any atom is -0.444 e. The van der Waals surface area contributed by atoms with Crippen molar-refractivity contribution in [3.05, 3.63) is 0 Å². The van der Waals surface area contributed by atoms with E-state index in [1.165, 1.54) is 0 Å². The molecule has 116 valence electrons.